The Labute approximate surface area is 185 Å². The van der Waals surface area contributed by atoms with Gasteiger partial charge in [-0.25, -0.2) is 9.97 Å². The lowest BCUT2D eigenvalue weighted by molar-refractivity contribution is -0.137. The SMILES string of the molecule is CC(C)c1nc(-c2cnc(N)c(C(F)(F)F)c2)cn1[C@]12C3[C@@H](N4CCN(C)CC4)C[C@@H]1[C@H]32. The number of imidazole rings is 1. The number of pyridine rings is 1. The van der Waals surface area contributed by atoms with Gasteiger partial charge in [0.2, 0.25) is 0 Å². The van der Waals surface area contributed by atoms with Gasteiger partial charge in [-0.05, 0) is 31.4 Å². The number of hydrogen-bond acceptors (Lipinski definition) is 5. The van der Waals surface area contributed by atoms with Crippen LogP contribution in [0.15, 0.2) is 18.5 Å². The number of halogens is 3. The van der Waals surface area contributed by atoms with E-state index in [4.69, 9.17) is 10.7 Å². The van der Waals surface area contributed by atoms with E-state index >= 15 is 0 Å². The Morgan fingerprint density at radius 2 is 1.88 bits per heavy atom. The second-order valence-electron chi connectivity index (χ2n) is 10.4. The van der Waals surface area contributed by atoms with Gasteiger partial charge in [0.25, 0.3) is 0 Å². The Kier molecular flexibility index (Phi) is 4.14. The largest absolute Gasteiger partial charge is 0.419 e. The maximum Gasteiger partial charge on any atom is 0.419 e. The van der Waals surface area contributed by atoms with Crippen LogP contribution >= 0.6 is 0 Å². The van der Waals surface area contributed by atoms with Gasteiger partial charge in [0.1, 0.15) is 11.6 Å². The van der Waals surface area contributed by atoms with Crippen LogP contribution in [0.4, 0.5) is 19.0 Å². The summed E-state index contributed by atoms with van der Waals surface area (Å²) in [7, 11) is 2.18. The van der Waals surface area contributed by atoms with E-state index in [0.29, 0.717) is 35.1 Å². The average molecular weight is 447 g/mol. The minimum atomic E-state index is -4.54. The molecule has 2 aromatic rings. The molecule has 3 heterocycles. The minimum Gasteiger partial charge on any atom is -0.383 e. The molecule has 9 heteroatoms. The summed E-state index contributed by atoms with van der Waals surface area (Å²) in [6, 6.07) is 1.70. The molecule has 32 heavy (non-hydrogen) atoms. The first-order valence-electron chi connectivity index (χ1n) is 11.5. The summed E-state index contributed by atoms with van der Waals surface area (Å²) < 4.78 is 42.4. The number of nitrogen functional groups attached to an aromatic ring is 1. The molecule has 0 amide bonds. The molecular formula is C23H29F3N6. The van der Waals surface area contributed by atoms with Gasteiger partial charge in [-0.15, -0.1) is 0 Å². The number of hydrogen-bond donors (Lipinski definition) is 1. The van der Waals surface area contributed by atoms with E-state index in [2.05, 4.69) is 40.2 Å². The zero-order chi connectivity index (χ0) is 22.6. The monoisotopic (exact) mass is 446 g/mol. The summed E-state index contributed by atoms with van der Waals surface area (Å²) >= 11 is 0. The smallest absolute Gasteiger partial charge is 0.383 e. The number of anilines is 1. The van der Waals surface area contributed by atoms with Crippen LogP contribution < -0.4 is 5.73 Å². The second-order valence-corrected chi connectivity index (χ2v) is 10.4. The maximum absolute atomic E-state index is 13.4. The molecule has 1 unspecified atom stereocenters. The van der Waals surface area contributed by atoms with Crippen molar-refractivity contribution in [3.05, 3.63) is 29.8 Å². The first-order valence-corrected chi connectivity index (χ1v) is 11.5. The molecule has 2 N–H and O–H groups in total. The second kappa shape index (κ2) is 6.47. The van der Waals surface area contributed by atoms with Gasteiger partial charge in [0.15, 0.2) is 0 Å². The molecule has 7 rings (SSSR count). The van der Waals surface area contributed by atoms with Crippen molar-refractivity contribution in [3.63, 3.8) is 0 Å². The molecule has 6 nitrogen and oxygen atoms in total. The third kappa shape index (κ3) is 2.67. The molecule has 5 aliphatic rings. The van der Waals surface area contributed by atoms with Crippen molar-refractivity contribution in [2.45, 2.75) is 43.9 Å². The Balaban J connectivity index is 1.32. The molecule has 0 spiro atoms. The molecular weight excluding hydrogens is 417 g/mol. The van der Waals surface area contributed by atoms with Gasteiger partial charge in [-0.3, -0.25) is 4.90 Å². The number of rotatable bonds is 4. The van der Waals surface area contributed by atoms with Crippen LogP contribution in [0.2, 0.25) is 0 Å². The summed E-state index contributed by atoms with van der Waals surface area (Å²) in [5.41, 5.74) is 5.64. The number of nitrogens with two attached hydrogens (primary N) is 1. The lowest BCUT2D eigenvalue weighted by Gasteiger charge is -2.36. The molecule has 4 saturated carbocycles. The predicted molar refractivity (Wildman–Crippen MR) is 115 cm³/mol. The van der Waals surface area contributed by atoms with Crippen LogP contribution in [-0.2, 0) is 11.7 Å². The van der Waals surface area contributed by atoms with Crippen molar-refractivity contribution in [2.24, 2.45) is 17.8 Å². The lowest BCUT2D eigenvalue weighted by atomic mass is 10.1. The fourth-order valence-electron chi connectivity index (χ4n) is 6.74. The highest BCUT2D eigenvalue weighted by Crippen LogP contribution is 2.89. The topological polar surface area (TPSA) is 63.2 Å². The number of alkyl halides is 3. The summed E-state index contributed by atoms with van der Waals surface area (Å²) in [5, 5.41) is 0. The quantitative estimate of drug-likeness (QED) is 0.781. The number of likely N-dealkylation sites (N-methyl/N-ethyl adjacent to an activating group) is 1. The highest BCUT2D eigenvalue weighted by molar-refractivity contribution is 5.63. The van der Waals surface area contributed by atoms with Crippen LogP contribution in [-0.4, -0.2) is 63.6 Å². The number of aromatic nitrogens is 3. The van der Waals surface area contributed by atoms with Gasteiger partial charge in [0.05, 0.1) is 16.8 Å². The lowest BCUT2D eigenvalue weighted by Crippen LogP contribution is -2.49. The van der Waals surface area contributed by atoms with E-state index in [0.717, 1.165) is 38.1 Å². The molecule has 5 atom stereocenters. The van der Waals surface area contributed by atoms with Crippen LogP contribution in [0.25, 0.3) is 11.3 Å². The van der Waals surface area contributed by atoms with Gasteiger partial charge in [0, 0.05) is 62.0 Å². The zero-order valence-electron chi connectivity index (χ0n) is 18.6. The van der Waals surface area contributed by atoms with E-state index in [1.165, 1.54) is 12.6 Å². The summed E-state index contributed by atoms with van der Waals surface area (Å²) in [4.78, 5) is 13.7. The van der Waals surface area contributed by atoms with Crippen molar-refractivity contribution in [2.75, 3.05) is 39.0 Å². The van der Waals surface area contributed by atoms with E-state index in [-0.39, 0.29) is 11.5 Å². The highest BCUT2D eigenvalue weighted by atomic mass is 19.4. The standard InChI is InChI=1S/C23H29F3N6/c1-12(2)21-29-16(13-8-15(23(24,25)26)20(27)28-10-13)11-32(21)22-14-9-17(19(22)18(14)22)31-6-4-30(3)5-7-31/h8,10-12,14,17-19H,4-7,9H2,1-3H3,(H2,27,28)/t14-,17+,18-,19?,22-/m1/s1. The molecule has 1 saturated heterocycles. The van der Waals surface area contributed by atoms with Crippen molar-refractivity contribution in [1.29, 1.82) is 0 Å². The zero-order valence-corrected chi connectivity index (χ0v) is 18.6. The van der Waals surface area contributed by atoms with Crippen LogP contribution in [0, 0.1) is 17.8 Å². The van der Waals surface area contributed by atoms with Gasteiger partial charge in [-0.2, -0.15) is 13.2 Å². The Morgan fingerprint density at radius 3 is 2.50 bits per heavy atom. The maximum atomic E-state index is 13.4. The third-order valence-corrected chi connectivity index (χ3v) is 8.37. The van der Waals surface area contributed by atoms with Gasteiger partial charge < -0.3 is 15.2 Å². The first kappa shape index (κ1) is 20.5. The fourth-order valence-corrected chi connectivity index (χ4v) is 6.74. The Hall–Kier alpha value is -2.13. The van der Waals surface area contributed by atoms with Gasteiger partial charge >= 0.3 is 6.18 Å². The van der Waals surface area contributed by atoms with Crippen LogP contribution in [0.3, 0.4) is 0 Å². The number of nitrogens with zero attached hydrogens (tertiary/aromatic N) is 5. The van der Waals surface area contributed by atoms with Gasteiger partial charge in [-0.1, -0.05) is 13.8 Å². The van der Waals surface area contributed by atoms with E-state index in [1.807, 2.05) is 6.20 Å². The van der Waals surface area contributed by atoms with Crippen molar-refractivity contribution >= 4 is 5.82 Å². The van der Waals surface area contributed by atoms with E-state index in [9.17, 15) is 13.2 Å². The van der Waals surface area contributed by atoms with E-state index < -0.39 is 17.6 Å². The normalized spacial score (nSPS) is 34.2. The van der Waals surface area contributed by atoms with Crippen LogP contribution in [0.5, 0.6) is 0 Å². The summed E-state index contributed by atoms with van der Waals surface area (Å²) in [5.74, 6) is 2.66. The molecule has 0 radical (unpaired) electrons. The number of fused-ring (bicyclic) bond motifs is 1. The van der Waals surface area contributed by atoms with Crippen molar-refractivity contribution < 1.29 is 13.2 Å². The summed E-state index contributed by atoms with van der Waals surface area (Å²) in [6.45, 7) is 8.67. The molecule has 4 aliphatic carbocycles. The third-order valence-electron chi connectivity index (χ3n) is 8.37. The minimum absolute atomic E-state index is 0.132. The molecule has 5 fully saturated rings. The molecule has 172 valence electrons. The van der Waals surface area contributed by atoms with Crippen molar-refractivity contribution in [3.8, 4) is 11.3 Å². The molecule has 0 aromatic carbocycles. The fraction of sp³-hybridized carbons (Fsp3) is 0.652. The average Bonchev–Trinajstić information content (AvgIpc) is 3.30. The van der Waals surface area contributed by atoms with Crippen molar-refractivity contribution in [1.82, 2.24) is 24.3 Å². The molecule has 1 aliphatic heterocycles. The highest BCUT2D eigenvalue weighted by Gasteiger charge is 2.93. The Morgan fingerprint density at radius 1 is 1.16 bits per heavy atom. The van der Waals surface area contributed by atoms with E-state index in [1.54, 1.807) is 0 Å². The molecule has 2 bridgehead atoms. The summed E-state index contributed by atoms with van der Waals surface area (Å²) in [6.07, 6.45) is 0.0634. The predicted octanol–water partition coefficient (Wildman–Crippen LogP) is 3.26. The Bertz CT molecular complexity index is 1060. The van der Waals surface area contributed by atoms with Crippen LogP contribution in [0.1, 0.15) is 37.6 Å². The number of piperazine rings is 1. The first-order chi connectivity index (χ1) is 15.1. The molecule has 2 aromatic heterocycles.